The first-order valence-electron chi connectivity index (χ1n) is 10.2. The molecule has 3 heterocycles. The van der Waals surface area contributed by atoms with Crippen molar-refractivity contribution < 1.29 is 13.9 Å². The lowest BCUT2D eigenvalue weighted by atomic mass is 10.0. The third kappa shape index (κ3) is 3.55. The van der Waals surface area contributed by atoms with Crippen LogP contribution in [0.15, 0.2) is 69.0 Å². The van der Waals surface area contributed by atoms with Crippen LogP contribution in [0.5, 0.6) is 0 Å². The minimum atomic E-state index is -0.768. The number of hydrogen-bond acceptors (Lipinski definition) is 5. The highest BCUT2D eigenvalue weighted by molar-refractivity contribution is 7.98. The van der Waals surface area contributed by atoms with Gasteiger partial charge in [-0.1, -0.05) is 47.6 Å². The van der Waals surface area contributed by atoms with Gasteiger partial charge >= 0.3 is 17.4 Å². The number of fused-ring (bicyclic) bond motifs is 3. The van der Waals surface area contributed by atoms with Crippen molar-refractivity contribution in [1.29, 1.82) is 0 Å². The summed E-state index contributed by atoms with van der Waals surface area (Å²) in [7, 11) is 0. The van der Waals surface area contributed by atoms with E-state index in [0.29, 0.717) is 38.6 Å². The first-order valence-corrected chi connectivity index (χ1v) is 11.8. The summed E-state index contributed by atoms with van der Waals surface area (Å²) >= 11 is 7.62. The van der Waals surface area contributed by atoms with Crippen LogP contribution in [0.2, 0.25) is 5.02 Å². The molecule has 0 radical (unpaired) electrons. The molecule has 1 aliphatic rings. The topological polar surface area (TPSA) is 83.1 Å². The van der Waals surface area contributed by atoms with Gasteiger partial charge in [0.2, 0.25) is 11.1 Å². The number of amides is 1. The molecule has 33 heavy (non-hydrogen) atoms. The minimum Gasteiger partial charge on any atom is -0.452 e. The van der Waals surface area contributed by atoms with Gasteiger partial charge < -0.3 is 4.42 Å². The van der Waals surface area contributed by atoms with E-state index in [1.165, 1.54) is 18.7 Å². The zero-order chi connectivity index (χ0) is 23.3. The van der Waals surface area contributed by atoms with Crippen molar-refractivity contribution in [1.82, 2.24) is 10.1 Å². The number of H-pyrrole nitrogens is 1. The number of rotatable bonds is 3. The molecule has 0 saturated heterocycles. The van der Waals surface area contributed by atoms with E-state index >= 15 is 0 Å². The molecule has 0 aliphatic carbocycles. The highest BCUT2D eigenvalue weighted by atomic mass is 35.5. The van der Waals surface area contributed by atoms with Crippen molar-refractivity contribution >= 4 is 35.0 Å². The fraction of sp³-hybridized carbons (Fsp3) is 0.167. The van der Waals surface area contributed by atoms with Crippen molar-refractivity contribution in [3.05, 3.63) is 81.3 Å². The summed E-state index contributed by atoms with van der Waals surface area (Å²) in [6.45, 7) is 3.42. The van der Waals surface area contributed by atoms with Crippen molar-refractivity contribution in [2.45, 2.75) is 25.2 Å². The summed E-state index contributed by atoms with van der Waals surface area (Å²) in [5.74, 6) is 0.879. The van der Waals surface area contributed by atoms with Gasteiger partial charge in [0, 0.05) is 22.6 Å². The summed E-state index contributed by atoms with van der Waals surface area (Å²) in [4.78, 5) is 30.4. The number of thioether (sulfide) groups is 1. The zero-order valence-corrected chi connectivity index (χ0v) is 19.7. The number of furan rings is 1. The maximum atomic E-state index is 13.1. The number of aromatic nitrogens is 3. The molecule has 0 spiro atoms. The third-order valence-electron chi connectivity index (χ3n) is 5.63. The summed E-state index contributed by atoms with van der Waals surface area (Å²) in [6.07, 6.45) is 1.06. The Balaban J connectivity index is 1.74. The van der Waals surface area contributed by atoms with Crippen LogP contribution in [0.25, 0.3) is 22.6 Å². The maximum Gasteiger partial charge on any atom is 0.325 e. The lowest BCUT2D eigenvalue weighted by Crippen LogP contribution is -2.60. The molecule has 4 aromatic rings. The van der Waals surface area contributed by atoms with Gasteiger partial charge in [0.25, 0.3) is 0 Å². The molecule has 7 nitrogen and oxygen atoms in total. The second-order valence-corrected chi connectivity index (χ2v) is 8.90. The van der Waals surface area contributed by atoms with Crippen LogP contribution in [0, 0.1) is 6.92 Å². The van der Waals surface area contributed by atoms with Crippen LogP contribution in [-0.2, 0) is 4.79 Å². The smallest absolute Gasteiger partial charge is 0.325 e. The van der Waals surface area contributed by atoms with E-state index < -0.39 is 6.17 Å². The Bertz CT molecular complexity index is 1460. The molecule has 1 amide bonds. The zero-order valence-electron chi connectivity index (χ0n) is 18.1. The summed E-state index contributed by atoms with van der Waals surface area (Å²) in [6, 6.07) is 16.6. The molecule has 0 bridgehead atoms. The largest absolute Gasteiger partial charge is 0.452 e. The molecule has 9 heteroatoms. The number of benzene rings is 2. The van der Waals surface area contributed by atoms with Crippen LogP contribution in [0.1, 0.15) is 24.4 Å². The lowest BCUT2D eigenvalue weighted by molar-refractivity contribution is -0.764. The molecule has 166 valence electrons. The predicted molar refractivity (Wildman–Crippen MR) is 127 cm³/mol. The average Bonchev–Trinajstić information content (AvgIpc) is 3.29. The number of anilines is 1. The average molecular weight is 480 g/mol. The molecule has 2 aromatic heterocycles. The molecular weight excluding hydrogens is 460 g/mol. The number of aromatic amines is 1. The molecular formula is C24H20ClN4O3S+. The van der Waals surface area contributed by atoms with Crippen LogP contribution in [0.4, 0.5) is 5.69 Å². The summed E-state index contributed by atoms with van der Waals surface area (Å²) in [5.41, 5.74) is 3.11. The number of aryl methyl sites for hydroxylation is 1. The molecule has 2 aromatic carbocycles. The number of carbonyl (C=O) groups is 1. The van der Waals surface area contributed by atoms with Gasteiger partial charge in [0.1, 0.15) is 5.76 Å². The molecule has 1 aliphatic heterocycles. The van der Waals surface area contributed by atoms with Gasteiger partial charge in [-0.3, -0.25) is 14.6 Å². The number of nitrogens with zero attached hydrogens (tertiary/aromatic N) is 3. The van der Waals surface area contributed by atoms with Gasteiger partial charge in [-0.15, -0.1) is 0 Å². The fourth-order valence-electron chi connectivity index (χ4n) is 4.06. The van der Waals surface area contributed by atoms with Crippen LogP contribution >= 0.6 is 23.4 Å². The molecule has 0 unspecified atom stereocenters. The highest BCUT2D eigenvalue weighted by Crippen LogP contribution is 2.38. The Morgan fingerprint density at radius 1 is 1.21 bits per heavy atom. The quantitative estimate of drug-likeness (QED) is 0.343. The van der Waals surface area contributed by atoms with E-state index in [2.05, 4.69) is 10.1 Å². The second kappa shape index (κ2) is 8.20. The fourth-order valence-corrected chi connectivity index (χ4v) is 4.60. The van der Waals surface area contributed by atoms with E-state index in [1.54, 1.807) is 15.6 Å². The SMILES string of the molecule is CSc1n[n+]2c(c(=O)[nH]1)-c1ccccc1N(C(C)=O)[C@H]2c1ccc(-c2ccc(C)c(Cl)c2)o1. The van der Waals surface area contributed by atoms with Crippen LogP contribution in [-0.4, -0.2) is 22.2 Å². The standard InChI is InChI=1S/C24H19ClN4O3S/c1-13-8-9-15(12-17(13)25)19-10-11-20(32-19)23-28(14(2)30)18-7-5-4-6-16(18)21-22(31)26-24(33-3)27-29(21)23/h4-12,23H,1-3H3/p+1/t23-/m1/s1. The van der Waals surface area contributed by atoms with Gasteiger partial charge in [0.05, 0.1) is 11.3 Å². The van der Waals surface area contributed by atoms with Crippen LogP contribution < -0.4 is 15.1 Å². The molecule has 1 atom stereocenters. The first-order chi connectivity index (χ1) is 15.9. The highest BCUT2D eigenvalue weighted by Gasteiger charge is 2.46. The minimum absolute atomic E-state index is 0.199. The van der Waals surface area contributed by atoms with Crippen molar-refractivity contribution in [2.24, 2.45) is 0 Å². The number of hydrogen-bond donors (Lipinski definition) is 1. The Morgan fingerprint density at radius 3 is 2.73 bits per heavy atom. The van der Waals surface area contributed by atoms with E-state index in [4.69, 9.17) is 16.0 Å². The number of halogens is 1. The Labute approximate surface area is 199 Å². The molecule has 0 fully saturated rings. The van der Waals surface area contributed by atoms with Crippen LogP contribution in [0.3, 0.4) is 0 Å². The van der Waals surface area contributed by atoms with Gasteiger partial charge in [-0.05, 0) is 53.8 Å². The number of para-hydroxylation sites is 1. The first kappa shape index (κ1) is 21.5. The summed E-state index contributed by atoms with van der Waals surface area (Å²) in [5, 5.41) is 5.72. The van der Waals surface area contributed by atoms with Crippen molar-refractivity contribution in [3.63, 3.8) is 0 Å². The predicted octanol–water partition coefficient (Wildman–Crippen LogP) is 4.58. The van der Waals surface area contributed by atoms with E-state index in [1.807, 2.05) is 61.7 Å². The molecule has 5 rings (SSSR count). The van der Waals surface area contributed by atoms with Gasteiger partial charge in [0.15, 0.2) is 5.76 Å². The number of carbonyl (C=O) groups excluding carboxylic acids is 1. The maximum absolute atomic E-state index is 13.1. The van der Waals surface area contributed by atoms with E-state index in [-0.39, 0.29) is 11.5 Å². The molecule has 0 saturated carbocycles. The summed E-state index contributed by atoms with van der Waals surface area (Å²) < 4.78 is 7.81. The van der Waals surface area contributed by atoms with Crippen molar-refractivity contribution in [2.75, 3.05) is 11.2 Å². The van der Waals surface area contributed by atoms with Crippen molar-refractivity contribution in [3.8, 4) is 22.6 Å². The van der Waals surface area contributed by atoms with Gasteiger partial charge in [-0.2, -0.15) is 0 Å². The van der Waals surface area contributed by atoms with E-state index in [9.17, 15) is 9.59 Å². The number of nitrogens with one attached hydrogen (secondary N) is 1. The normalized spacial score (nSPS) is 14.7. The Morgan fingerprint density at radius 2 is 2.00 bits per heavy atom. The lowest BCUT2D eigenvalue weighted by Gasteiger charge is -2.29. The Kier molecular flexibility index (Phi) is 5.34. The van der Waals surface area contributed by atoms with Gasteiger partial charge in [-0.25, -0.2) is 4.90 Å². The second-order valence-electron chi connectivity index (χ2n) is 7.70. The molecule has 1 N–H and O–H groups in total. The van der Waals surface area contributed by atoms with E-state index in [0.717, 1.165) is 11.1 Å². The monoisotopic (exact) mass is 479 g/mol. The third-order valence-corrected chi connectivity index (χ3v) is 6.61. The Hall–Kier alpha value is -3.36.